The third-order valence-corrected chi connectivity index (χ3v) is 4.47. The second-order valence-electron chi connectivity index (χ2n) is 6.23. The van der Waals surface area contributed by atoms with E-state index in [-0.39, 0.29) is 35.6 Å². The Morgan fingerprint density at radius 1 is 0.893 bits per heavy atom. The third kappa shape index (κ3) is 3.05. The molecule has 0 radical (unpaired) electrons. The quantitative estimate of drug-likeness (QED) is 0.599. The van der Waals surface area contributed by atoms with E-state index in [1.54, 1.807) is 54.6 Å². The molecule has 0 N–H and O–H groups in total. The van der Waals surface area contributed by atoms with Gasteiger partial charge in [-0.3, -0.25) is 14.4 Å². The highest BCUT2D eigenvalue weighted by atomic mass is 16.5. The van der Waals surface area contributed by atoms with Crippen molar-refractivity contribution in [2.24, 2.45) is 5.10 Å². The number of carbonyl (C=O) groups is 4. The van der Waals surface area contributed by atoms with Gasteiger partial charge in [-0.05, 0) is 24.3 Å². The lowest BCUT2D eigenvalue weighted by atomic mass is 10.1. The van der Waals surface area contributed by atoms with Gasteiger partial charge in [0.05, 0.1) is 16.8 Å². The average Bonchev–Trinajstić information content (AvgIpc) is 2.97. The minimum atomic E-state index is -0.773. The zero-order valence-corrected chi connectivity index (χ0v) is 14.7. The fraction of sp³-hybridized carbons (Fsp3) is 0.150. The summed E-state index contributed by atoms with van der Waals surface area (Å²) in [5.74, 6) is -2.03. The maximum absolute atomic E-state index is 12.4. The van der Waals surface area contributed by atoms with E-state index in [0.717, 1.165) is 9.91 Å². The van der Waals surface area contributed by atoms with Crippen LogP contribution in [0, 0.1) is 0 Å². The fourth-order valence-corrected chi connectivity index (χ4v) is 3.03. The molecule has 2 heterocycles. The average molecular weight is 377 g/mol. The number of rotatable bonds is 4. The molecule has 8 heteroatoms. The molecule has 0 unspecified atom stereocenters. The molecule has 28 heavy (non-hydrogen) atoms. The van der Waals surface area contributed by atoms with Crippen LogP contribution < -0.4 is 5.01 Å². The first-order valence-electron chi connectivity index (χ1n) is 8.64. The van der Waals surface area contributed by atoms with Gasteiger partial charge in [-0.2, -0.15) is 5.10 Å². The Kier molecular flexibility index (Phi) is 4.44. The van der Waals surface area contributed by atoms with E-state index >= 15 is 0 Å². The number of nitrogens with zero attached hydrogens (tertiary/aromatic N) is 3. The number of amides is 3. The lowest BCUT2D eigenvalue weighted by Gasteiger charge is -2.23. The number of imide groups is 1. The highest BCUT2D eigenvalue weighted by molar-refractivity contribution is 6.38. The van der Waals surface area contributed by atoms with Gasteiger partial charge in [0.15, 0.2) is 6.73 Å². The van der Waals surface area contributed by atoms with Gasteiger partial charge in [0, 0.05) is 12.8 Å². The molecule has 2 aliphatic rings. The van der Waals surface area contributed by atoms with E-state index in [9.17, 15) is 19.2 Å². The maximum Gasteiger partial charge on any atom is 0.356 e. The highest BCUT2D eigenvalue weighted by Crippen LogP contribution is 2.23. The molecule has 0 saturated heterocycles. The zero-order chi connectivity index (χ0) is 19.7. The standard InChI is InChI=1S/C20H15N3O5/c24-17-11-10-16(21-23(17)13-6-2-1-3-7-13)20(27)28-12-22-18(25)14-8-4-5-9-15(14)19(22)26/h1-9H,10-12H2. The number of anilines is 1. The molecule has 0 saturated carbocycles. The number of hydrogen-bond acceptors (Lipinski definition) is 6. The number of benzene rings is 2. The van der Waals surface area contributed by atoms with Gasteiger partial charge in [0.25, 0.3) is 11.8 Å². The molecule has 2 aromatic carbocycles. The SMILES string of the molecule is O=C(OCN1C(=O)c2ccccc2C1=O)C1=NN(c2ccccc2)C(=O)CC1. The van der Waals surface area contributed by atoms with E-state index in [0.29, 0.717) is 5.69 Å². The van der Waals surface area contributed by atoms with Crippen LogP contribution >= 0.6 is 0 Å². The summed E-state index contributed by atoms with van der Waals surface area (Å²) in [5.41, 5.74) is 1.15. The van der Waals surface area contributed by atoms with Crippen LogP contribution in [0.5, 0.6) is 0 Å². The normalized spacial score (nSPS) is 16.1. The summed E-state index contributed by atoms with van der Waals surface area (Å²) in [6.07, 6.45) is 0.235. The van der Waals surface area contributed by atoms with Gasteiger partial charge in [-0.1, -0.05) is 30.3 Å². The summed E-state index contributed by atoms with van der Waals surface area (Å²) >= 11 is 0. The summed E-state index contributed by atoms with van der Waals surface area (Å²) in [6.45, 7) is -0.510. The molecule has 3 amide bonds. The molecule has 8 nitrogen and oxygen atoms in total. The first-order chi connectivity index (χ1) is 13.6. The van der Waals surface area contributed by atoms with Crippen molar-refractivity contribution in [3.63, 3.8) is 0 Å². The van der Waals surface area contributed by atoms with Crippen molar-refractivity contribution in [2.45, 2.75) is 12.8 Å². The van der Waals surface area contributed by atoms with Crippen molar-refractivity contribution in [1.82, 2.24) is 4.90 Å². The number of esters is 1. The zero-order valence-electron chi connectivity index (χ0n) is 14.7. The Hall–Kier alpha value is -3.81. The number of para-hydroxylation sites is 1. The van der Waals surface area contributed by atoms with Crippen LogP contribution in [0.1, 0.15) is 33.6 Å². The van der Waals surface area contributed by atoms with Gasteiger partial charge < -0.3 is 4.74 Å². The largest absolute Gasteiger partial charge is 0.439 e. The van der Waals surface area contributed by atoms with Gasteiger partial charge >= 0.3 is 5.97 Å². The predicted molar refractivity (Wildman–Crippen MR) is 98.5 cm³/mol. The molecule has 140 valence electrons. The van der Waals surface area contributed by atoms with Crippen molar-refractivity contribution in [3.05, 3.63) is 65.7 Å². The van der Waals surface area contributed by atoms with E-state index in [1.165, 1.54) is 0 Å². The molecular formula is C20H15N3O5. The van der Waals surface area contributed by atoms with Crippen molar-refractivity contribution < 1.29 is 23.9 Å². The summed E-state index contributed by atoms with van der Waals surface area (Å²) in [6, 6.07) is 15.1. The Balaban J connectivity index is 1.46. The van der Waals surface area contributed by atoms with Gasteiger partial charge in [-0.15, -0.1) is 0 Å². The molecule has 0 aromatic heterocycles. The van der Waals surface area contributed by atoms with Crippen LogP contribution in [0.2, 0.25) is 0 Å². The summed E-state index contributed by atoms with van der Waals surface area (Å²) in [7, 11) is 0. The molecule has 0 fully saturated rings. The molecule has 0 spiro atoms. The van der Waals surface area contributed by atoms with E-state index < -0.39 is 24.5 Å². The topological polar surface area (TPSA) is 96.3 Å². The minimum Gasteiger partial charge on any atom is -0.439 e. The Morgan fingerprint density at radius 3 is 2.14 bits per heavy atom. The van der Waals surface area contributed by atoms with Crippen molar-refractivity contribution in [1.29, 1.82) is 0 Å². The van der Waals surface area contributed by atoms with Crippen LogP contribution in [0.25, 0.3) is 0 Å². The summed E-state index contributed by atoms with van der Waals surface area (Å²) in [5, 5.41) is 5.25. The van der Waals surface area contributed by atoms with Gasteiger partial charge in [0.2, 0.25) is 5.91 Å². The molecule has 2 aliphatic heterocycles. The van der Waals surface area contributed by atoms with Crippen LogP contribution in [0.4, 0.5) is 5.69 Å². The summed E-state index contributed by atoms with van der Waals surface area (Å²) < 4.78 is 5.13. The lowest BCUT2D eigenvalue weighted by Crippen LogP contribution is -2.38. The third-order valence-electron chi connectivity index (χ3n) is 4.47. The molecule has 0 bridgehead atoms. The summed E-state index contributed by atoms with van der Waals surface area (Å²) in [4.78, 5) is 50.0. The first-order valence-corrected chi connectivity index (χ1v) is 8.64. The Labute approximate surface area is 160 Å². The highest BCUT2D eigenvalue weighted by Gasteiger charge is 2.36. The van der Waals surface area contributed by atoms with Gasteiger partial charge in [-0.25, -0.2) is 14.7 Å². The second kappa shape index (κ2) is 7.07. The molecule has 4 rings (SSSR count). The number of carbonyl (C=O) groups excluding carboxylic acids is 4. The number of hydrogen-bond donors (Lipinski definition) is 0. The van der Waals surface area contributed by atoms with Crippen LogP contribution in [0.3, 0.4) is 0 Å². The lowest BCUT2D eigenvalue weighted by molar-refractivity contribution is -0.138. The van der Waals surface area contributed by atoms with Crippen molar-refractivity contribution >= 4 is 35.1 Å². The maximum atomic E-state index is 12.4. The number of fused-ring (bicyclic) bond motifs is 1. The van der Waals surface area contributed by atoms with Crippen LogP contribution in [-0.4, -0.2) is 41.0 Å². The van der Waals surface area contributed by atoms with E-state index in [1.807, 2.05) is 0 Å². The van der Waals surface area contributed by atoms with E-state index in [2.05, 4.69) is 5.10 Å². The molecule has 0 atom stereocenters. The van der Waals surface area contributed by atoms with Crippen molar-refractivity contribution in [3.8, 4) is 0 Å². The predicted octanol–water partition coefficient (Wildman–Crippen LogP) is 1.97. The monoisotopic (exact) mass is 377 g/mol. The smallest absolute Gasteiger partial charge is 0.356 e. The van der Waals surface area contributed by atoms with Crippen LogP contribution in [0.15, 0.2) is 59.7 Å². The van der Waals surface area contributed by atoms with Gasteiger partial charge in [0.1, 0.15) is 5.71 Å². The minimum absolute atomic E-state index is 0.0556. The number of ether oxygens (including phenoxy) is 1. The molecule has 2 aromatic rings. The first kappa shape index (κ1) is 17.6. The Bertz CT molecular complexity index is 981. The number of hydrazone groups is 1. The Morgan fingerprint density at radius 2 is 1.50 bits per heavy atom. The molecule has 0 aliphatic carbocycles. The second-order valence-corrected chi connectivity index (χ2v) is 6.23. The van der Waals surface area contributed by atoms with Crippen molar-refractivity contribution in [2.75, 3.05) is 11.7 Å². The van der Waals surface area contributed by atoms with E-state index in [4.69, 9.17) is 4.74 Å². The molecular weight excluding hydrogens is 362 g/mol. The van der Waals surface area contributed by atoms with Crippen LogP contribution in [-0.2, 0) is 14.3 Å². The fourth-order valence-electron chi connectivity index (χ4n) is 3.03.